The SMILES string of the molecule is CC=N/C=C(\C=C\CCC)c1nc(N)ccc1C. The number of nitrogens with two attached hydrogens (primary N) is 1. The van der Waals surface area contributed by atoms with Gasteiger partial charge in [-0.3, -0.25) is 4.99 Å². The highest BCUT2D eigenvalue weighted by atomic mass is 14.8. The number of hydrogen-bond acceptors (Lipinski definition) is 3. The number of aromatic nitrogens is 1. The van der Waals surface area contributed by atoms with Crippen LogP contribution < -0.4 is 5.73 Å². The van der Waals surface area contributed by atoms with Crippen molar-refractivity contribution in [3.05, 3.63) is 41.7 Å². The number of pyridine rings is 1. The van der Waals surface area contributed by atoms with Gasteiger partial charge in [-0.2, -0.15) is 0 Å². The van der Waals surface area contributed by atoms with E-state index in [1.807, 2.05) is 32.2 Å². The van der Waals surface area contributed by atoms with Crippen LogP contribution in [0.25, 0.3) is 5.57 Å². The molecule has 0 saturated heterocycles. The fourth-order valence-electron chi connectivity index (χ4n) is 1.55. The molecule has 0 bridgehead atoms. The Morgan fingerprint density at radius 2 is 2.22 bits per heavy atom. The van der Waals surface area contributed by atoms with E-state index < -0.39 is 0 Å². The molecule has 0 amide bonds. The molecule has 0 radical (unpaired) electrons. The third kappa shape index (κ3) is 4.17. The molecular formula is C15H21N3. The van der Waals surface area contributed by atoms with E-state index in [0.717, 1.165) is 29.7 Å². The Hall–Kier alpha value is -1.90. The van der Waals surface area contributed by atoms with Crippen molar-refractivity contribution in [3.8, 4) is 0 Å². The molecule has 0 atom stereocenters. The van der Waals surface area contributed by atoms with E-state index in [2.05, 4.69) is 29.1 Å². The Balaban J connectivity index is 3.13. The first-order valence-corrected chi connectivity index (χ1v) is 6.27. The molecule has 0 aliphatic carbocycles. The van der Waals surface area contributed by atoms with Crippen molar-refractivity contribution in [2.75, 3.05) is 5.73 Å². The summed E-state index contributed by atoms with van der Waals surface area (Å²) in [5.74, 6) is 0.533. The van der Waals surface area contributed by atoms with Crippen LogP contribution in [0.15, 0.2) is 35.5 Å². The number of nitrogen functional groups attached to an aromatic ring is 1. The molecule has 0 aliphatic rings. The summed E-state index contributed by atoms with van der Waals surface area (Å²) >= 11 is 0. The molecular weight excluding hydrogens is 222 g/mol. The van der Waals surface area contributed by atoms with Crippen molar-refractivity contribution in [1.29, 1.82) is 0 Å². The van der Waals surface area contributed by atoms with Crippen LogP contribution >= 0.6 is 0 Å². The van der Waals surface area contributed by atoms with E-state index in [1.54, 1.807) is 6.21 Å². The number of rotatable bonds is 5. The maximum absolute atomic E-state index is 5.75. The van der Waals surface area contributed by atoms with Gasteiger partial charge in [-0.05, 0) is 31.9 Å². The Labute approximate surface area is 109 Å². The number of allylic oxidation sites excluding steroid dienone is 3. The van der Waals surface area contributed by atoms with Crippen molar-refractivity contribution in [3.63, 3.8) is 0 Å². The Bertz CT molecular complexity index is 471. The lowest BCUT2D eigenvalue weighted by Gasteiger charge is -2.06. The number of unbranched alkanes of at least 4 members (excludes halogenated alkanes) is 1. The fourth-order valence-corrected chi connectivity index (χ4v) is 1.55. The first-order valence-electron chi connectivity index (χ1n) is 6.27. The van der Waals surface area contributed by atoms with E-state index >= 15 is 0 Å². The summed E-state index contributed by atoms with van der Waals surface area (Å²) in [6, 6.07) is 3.80. The van der Waals surface area contributed by atoms with E-state index in [1.165, 1.54) is 0 Å². The number of nitrogens with zero attached hydrogens (tertiary/aromatic N) is 2. The average Bonchev–Trinajstić information content (AvgIpc) is 2.37. The van der Waals surface area contributed by atoms with Crippen molar-refractivity contribution in [1.82, 2.24) is 4.98 Å². The first-order chi connectivity index (χ1) is 8.69. The molecule has 1 aromatic heterocycles. The van der Waals surface area contributed by atoms with Gasteiger partial charge in [-0.25, -0.2) is 4.98 Å². The highest BCUT2D eigenvalue weighted by Gasteiger charge is 2.04. The summed E-state index contributed by atoms with van der Waals surface area (Å²) in [5.41, 5.74) is 8.74. The molecule has 0 saturated carbocycles. The predicted octanol–water partition coefficient (Wildman–Crippen LogP) is 3.76. The summed E-state index contributed by atoms with van der Waals surface area (Å²) < 4.78 is 0. The average molecular weight is 243 g/mol. The van der Waals surface area contributed by atoms with Gasteiger partial charge in [0.25, 0.3) is 0 Å². The molecule has 1 aromatic rings. The molecule has 3 nitrogen and oxygen atoms in total. The van der Waals surface area contributed by atoms with Gasteiger partial charge < -0.3 is 5.73 Å². The van der Waals surface area contributed by atoms with Crippen molar-refractivity contribution in [2.24, 2.45) is 4.99 Å². The van der Waals surface area contributed by atoms with Gasteiger partial charge in [-0.15, -0.1) is 0 Å². The topological polar surface area (TPSA) is 51.3 Å². The van der Waals surface area contributed by atoms with Crippen LogP contribution in [0, 0.1) is 6.92 Å². The lowest BCUT2D eigenvalue weighted by Crippen LogP contribution is -1.97. The van der Waals surface area contributed by atoms with E-state index in [4.69, 9.17) is 5.73 Å². The predicted molar refractivity (Wildman–Crippen MR) is 79.6 cm³/mol. The Morgan fingerprint density at radius 3 is 2.89 bits per heavy atom. The summed E-state index contributed by atoms with van der Waals surface area (Å²) in [6.07, 6.45) is 9.96. The highest BCUT2D eigenvalue weighted by molar-refractivity contribution is 5.75. The van der Waals surface area contributed by atoms with Crippen LogP contribution in [-0.4, -0.2) is 11.2 Å². The highest BCUT2D eigenvalue weighted by Crippen LogP contribution is 2.19. The van der Waals surface area contributed by atoms with Crippen LogP contribution in [0.2, 0.25) is 0 Å². The molecule has 0 aromatic carbocycles. The lowest BCUT2D eigenvalue weighted by molar-refractivity contribution is 0.959. The summed E-state index contributed by atoms with van der Waals surface area (Å²) in [4.78, 5) is 8.57. The second-order valence-electron chi connectivity index (χ2n) is 4.08. The molecule has 3 heteroatoms. The zero-order valence-electron chi connectivity index (χ0n) is 11.4. The number of anilines is 1. The van der Waals surface area contributed by atoms with Gasteiger partial charge >= 0.3 is 0 Å². The van der Waals surface area contributed by atoms with Gasteiger partial charge in [0, 0.05) is 18.0 Å². The smallest absolute Gasteiger partial charge is 0.124 e. The molecule has 0 aliphatic heterocycles. The molecule has 0 fully saturated rings. The van der Waals surface area contributed by atoms with Gasteiger partial charge in [-0.1, -0.05) is 31.6 Å². The molecule has 0 spiro atoms. The first kappa shape index (κ1) is 14.2. The maximum atomic E-state index is 5.75. The standard InChI is InChI=1S/C15H21N3/c1-4-6-7-8-13(11-17-5-2)15-12(3)9-10-14(16)18-15/h5,7-11H,4,6H2,1-3H3,(H2,16,18)/b8-7+,13-11+,17-5?. The second kappa shape index (κ2) is 7.43. The quantitative estimate of drug-likeness (QED) is 0.632. The minimum Gasteiger partial charge on any atom is -0.384 e. The summed E-state index contributed by atoms with van der Waals surface area (Å²) in [5, 5.41) is 0. The minimum atomic E-state index is 0.533. The van der Waals surface area contributed by atoms with E-state index in [9.17, 15) is 0 Å². The number of hydrogen-bond donors (Lipinski definition) is 1. The number of aliphatic imine (C=N–C) groups is 1. The van der Waals surface area contributed by atoms with Crippen LogP contribution in [0.5, 0.6) is 0 Å². The van der Waals surface area contributed by atoms with Crippen LogP contribution in [0.1, 0.15) is 37.9 Å². The minimum absolute atomic E-state index is 0.533. The van der Waals surface area contributed by atoms with Crippen LogP contribution in [0.4, 0.5) is 5.82 Å². The van der Waals surface area contributed by atoms with Crippen molar-refractivity contribution >= 4 is 17.6 Å². The second-order valence-corrected chi connectivity index (χ2v) is 4.08. The molecule has 1 rings (SSSR count). The Morgan fingerprint density at radius 1 is 1.44 bits per heavy atom. The van der Waals surface area contributed by atoms with E-state index in [0.29, 0.717) is 5.82 Å². The van der Waals surface area contributed by atoms with Crippen LogP contribution in [0.3, 0.4) is 0 Å². The molecule has 0 unspecified atom stereocenters. The van der Waals surface area contributed by atoms with Gasteiger partial charge in [0.1, 0.15) is 5.82 Å². The third-order valence-corrected chi connectivity index (χ3v) is 2.51. The molecule has 18 heavy (non-hydrogen) atoms. The molecule has 1 heterocycles. The van der Waals surface area contributed by atoms with Crippen LogP contribution in [-0.2, 0) is 0 Å². The lowest BCUT2D eigenvalue weighted by atomic mass is 10.1. The van der Waals surface area contributed by atoms with Crippen molar-refractivity contribution < 1.29 is 0 Å². The fraction of sp³-hybridized carbons (Fsp3) is 0.333. The third-order valence-electron chi connectivity index (χ3n) is 2.51. The monoisotopic (exact) mass is 243 g/mol. The largest absolute Gasteiger partial charge is 0.384 e. The maximum Gasteiger partial charge on any atom is 0.124 e. The zero-order valence-corrected chi connectivity index (χ0v) is 11.4. The van der Waals surface area contributed by atoms with Gasteiger partial charge in [0.2, 0.25) is 0 Å². The number of aryl methyl sites for hydroxylation is 1. The molecule has 2 N–H and O–H groups in total. The zero-order chi connectivity index (χ0) is 13.4. The normalized spacial score (nSPS) is 12.7. The molecule has 96 valence electrons. The van der Waals surface area contributed by atoms with E-state index in [-0.39, 0.29) is 0 Å². The Kier molecular flexibility index (Phi) is 5.85. The van der Waals surface area contributed by atoms with Crippen molar-refractivity contribution in [2.45, 2.75) is 33.6 Å². The van der Waals surface area contributed by atoms with Gasteiger partial charge in [0.05, 0.1) is 5.69 Å². The summed E-state index contributed by atoms with van der Waals surface area (Å²) in [6.45, 7) is 6.07. The van der Waals surface area contributed by atoms with Gasteiger partial charge in [0.15, 0.2) is 0 Å². The summed E-state index contributed by atoms with van der Waals surface area (Å²) in [7, 11) is 0.